The molecule has 0 bridgehead atoms. The molecule has 0 amide bonds. The lowest BCUT2D eigenvalue weighted by Gasteiger charge is -2.27. The van der Waals surface area contributed by atoms with Crippen LogP contribution in [0, 0.1) is 5.92 Å². The van der Waals surface area contributed by atoms with Gasteiger partial charge in [-0.3, -0.25) is 4.90 Å². The topological polar surface area (TPSA) is 24.5 Å². The second-order valence-electron chi connectivity index (χ2n) is 4.70. The first kappa shape index (κ1) is 12.9. The van der Waals surface area contributed by atoms with Crippen LogP contribution in [0.3, 0.4) is 0 Å². The van der Waals surface area contributed by atoms with Gasteiger partial charge in [0.15, 0.2) is 0 Å². The molecule has 0 aliphatic carbocycles. The van der Waals surface area contributed by atoms with Gasteiger partial charge in [-0.1, -0.05) is 13.8 Å². The molecule has 0 saturated carbocycles. The van der Waals surface area contributed by atoms with Gasteiger partial charge in [0.05, 0.1) is 6.61 Å². The third kappa shape index (κ3) is 4.49. The molecule has 0 aromatic heterocycles. The van der Waals surface area contributed by atoms with Crippen molar-refractivity contribution in [3.63, 3.8) is 0 Å². The van der Waals surface area contributed by atoms with Crippen LogP contribution in [0.1, 0.15) is 26.7 Å². The van der Waals surface area contributed by atoms with E-state index in [2.05, 4.69) is 24.1 Å². The minimum absolute atomic E-state index is 0.562. The molecule has 0 aromatic carbocycles. The Morgan fingerprint density at radius 3 is 2.87 bits per heavy atom. The van der Waals surface area contributed by atoms with Crippen LogP contribution >= 0.6 is 0 Å². The Balaban J connectivity index is 2.28. The Morgan fingerprint density at radius 1 is 1.53 bits per heavy atom. The first-order valence-corrected chi connectivity index (χ1v) is 6.21. The number of hydrogen-bond donors (Lipinski definition) is 1. The van der Waals surface area contributed by atoms with Crippen molar-refractivity contribution < 1.29 is 4.74 Å². The molecule has 1 heterocycles. The highest BCUT2D eigenvalue weighted by molar-refractivity contribution is 4.80. The van der Waals surface area contributed by atoms with E-state index in [0.29, 0.717) is 6.04 Å². The van der Waals surface area contributed by atoms with Gasteiger partial charge in [0.25, 0.3) is 0 Å². The molecule has 3 heteroatoms. The molecule has 1 rings (SSSR count). The Morgan fingerprint density at radius 2 is 2.33 bits per heavy atom. The van der Waals surface area contributed by atoms with Gasteiger partial charge in [-0.25, -0.2) is 0 Å². The van der Waals surface area contributed by atoms with Gasteiger partial charge in [-0.2, -0.15) is 0 Å². The standard InChI is InChI=1S/C12H26N2O/c1-4-6-13-8-12(10-15-3)14-7-5-11(2)9-14/h11-13H,4-10H2,1-3H3. The molecule has 1 aliphatic heterocycles. The third-order valence-electron chi connectivity index (χ3n) is 3.14. The molecule has 90 valence electrons. The molecule has 2 atom stereocenters. The summed E-state index contributed by atoms with van der Waals surface area (Å²) in [5.41, 5.74) is 0. The van der Waals surface area contributed by atoms with Gasteiger partial charge < -0.3 is 10.1 Å². The van der Waals surface area contributed by atoms with Crippen molar-refractivity contribution in [2.75, 3.05) is 39.9 Å². The monoisotopic (exact) mass is 214 g/mol. The maximum atomic E-state index is 5.30. The minimum Gasteiger partial charge on any atom is -0.383 e. The molecule has 0 aromatic rings. The van der Waals surface area contributed by atoms with Crippen LogP contribution in [-0.4, -0.2) is 50.8 Å². The number of ether oxygens (including phenoxy) is 1. The van der Waals surface area contributed by atoms with Gasteiger partial charge in [-0.15, -0.1) is 0 Å². The average Bonchev–Trinajstić information content (AvgIpc) is 2.64. The number of methoxy groups -OCH3 is 1. The molecule has 1 aliphatic rings. The van der Waals surface area contributed by atoms with Crippen LogP contribution in [0.15, 0.2) is 0 Å². The van der Waals surface area contributed by atoms with E-state index >= 15 is 0 Å². The Hall–Kier alpha value is -0.120. The van der Waals surface area contributed by atoms with Crippen molar-refractivity contribution in [2.45, 2.75) is 32.7 Å². The summed E-state index contributed by atoms with van der Waals surface area (Å²) in [5, 5.41) is 3.49. The summed E-state index contributed by atoms with van der Waals surface area (Å²) in [5.74, 6) is 0.857. The molecular weight excluding hydrogens is 188 g/mol. The smallest absolute Gasteiger partial charge is 0.0630 e. The molecule has 0 spiro atoms. The first-order chi connectivity index (χ1) is 7.27. The van der Waals surface area contributed by atoms with Crippen LogP contribution in [-0.2, 0) is 4.74 Å². The second-order valence-corrected chi connectivity index (χ2v) is 4.70. The summed E-state index contributed by atoms with van der Waals surface area (Å²) in [6.45, 7) is 10.0. The van der Waals surface area contributed by atoms with E-state index in [0.717, 1.165) is 25.6 Å². The zero-order chi connectivity index (χ0) is 11.1. The molecule has 2 unspecified atom stereocenters. The van der Waals surface area contributed by atoms with E-state index in [1.54, 1.807) is 7.11 Å². The highest BCUT2D eigenvalue weighted by Gasteiger charge is 2.25. The average molecular weight is 214 g/mol. The third-order valence-corrected chi connectivity index (χ3v) is 3.14. The van der Waals surface area contributed by atoms with E-state index in [1.807, 2.05) is 0 Å². The van der Waals surface area contributed by atoms with Gasteiger partial charge >= 0.3 is 0 Å². The summed E-state index contributed by atoms with van der Waals surface area (Å²) in [7, 11) is 1.80. The zero-order valence-corrected chi connectivity index (χ0v) is 10.5. The van der Waals surface area contributed by atoms with Gasteiger partial charge in [0, 0.05) is 26.2 Å². The van der Waals surface area contributed by atoms with Crippen LogP contribution < -0.4 is 5.32 Å². The fourth-order valence-corrected chi connectivity index (χ4v) is 2.23. The number of nitrogens with one attached hydrogen (secondary N) is 1. The number of rotatable bonds is 7. The maximum absolute atomic E-state index is 5.30. The highest BCUT2D eigenvalue weighted by atomic mass is 16.5. The second kappa shape index (κ2) is 7.20. The summed E-state index contributed by atoms with van der Waals surface area (Å²) in [6, 6.07) is 0.562. The SMILES string of the molecule is CCCNCC(COC)N1CCC(C)C1. The van der Waals surface area contributed by atoms with E-state index in [-0.39, 0.29) is 0 Å². The quantitative estimate of drug-likeness (QED) is 0.647. The normalized spacial score (nSPS) is 24.6. The van der Waals surface area contributed by atoms with Crippen LogP contribution in [0.2, 0.25) is 0 Å². The Labute approximate surface area is 94.2 Å². The fraction of sp³-hybridized carbons (Fsp3) is 1.00. The summed E-state index contributed by atoms with van der Waals surface area (Å²) >= 11 is 0. The summed E-state index contributed by atoms with van der Waals surface area (Å²) in [4.78, 5) is 2.57. The predicted molar refractivity (Wildman–Crippen MR) is 64.2 cm³/mol. The van der Waals surface area contributed by atoms with E-state index in [9.17, 15) is 0 Å². The Kier molecular flexibility index (Phi) is 6.22. The zero-order valence-electron chi connectivity index (χ0n) is 10.5. The van der Waals surface area contributed by atoms with Crippen molar-refractivity contribution in [1.82, 2.24) is 10.2 Å². The number of nitrogens with zero attached hydrogens (tertiary/aromatic N) is 1. The lowest BCUT2D eigenvalue weighted by molar-refractivity contribution is 0.102. The largest absolute Gasteiger partial charge is 0.383 e. The van der Waals surface area contributed by atoms with Crippen LogP contribution in [0.5, 0.6) is 0 Å². The first-order valence-electron chi connectivity index (χ1n) is 6.21. The van der Waals surface area contributed by atoms with Crippen LogP contribution in [0.4, 0.5) is 0 Å². The molecule has 0 radical (unpaired) electrons. The van der Waals surface area contributed by atoms with Gasteiger partial charge in [0.1, 0.15) is 0 Å². The van der Waals surface area contributed by atoms with Crippen molar-refractivity contribution in [3.8, 4) is 0 Å². The van der Waals surface area contributed by atoms with Crippen molar-refractivity contribution >= 4 is 0 Å². The van der Waals surface area contributed by atoms with Crippen molar-refractivity contribution in [1.29, 1.82) is 0 Å². The molecule has 3 nitrogen and oxygen atoms in total. The number of likely N-dealkylation sites (tertiary alicyclic amines) is 1. The van der Waals surface area contributed by atoms with Crippen molar-refractivity contribution in [2.24, 2.45) is 5.92 Å². The molecule has 1 fully saturated rings. The van der Waals surface area contributed by atoms with E-state index in [1.165, 1.54) is 25.9 Å². The van der Waals surface area contributed by atoms with Gasteiger partial charge in [0.2, 0.25) is 0 Å². The van der Waals surface area contributed by atoms with Gasteiger partial charge in [-0.05, 0) is 31.8 Å². The maximum Gasteiger partial charge on any atom is 0.0630 e. The molecular formula is C12H26N2O. The van der Waals surface area contributed by atoms with E-state index < -0.39 is 0 Å². The molecule has 1 saturated heterocycles. The molecule has 1 N–H and O–H groups in total. The lowest BCUT2D eigenvalue weighted by atomic mass is 10.2. The predicted octanol–water partition coefficient (Wildman–Crippen LogP) is 1.34. The summed E-state index contributed by atoms with van der Waals surface area (Å²) < 4.78 is 5.30. The minimum atomic E-state index is 0.562. The van der Waals surface area contributed by atoms with E-state index in [4.69, 9.17) is 4.74 Å². The lowest BCUT2D eigenvalue weighted by Crippen LogP contribution is -2.44. The highest BCUT2D eigenvalue weighted by Crippen LogP contribution is 2.17. The van der Waals surface area contributed by atoms with Crippen molar-refractivity contribution in [3.05, 3.63) is 0 Å². The fourth-order valence-electron chi connectivity index (χ4n) is 2.23. The molecule has 15 heavy (non-hydrogen) atoms. The Bertz CT molecular complexity index is 164. The van der Waals surface area contributed by atoms with Crippen LogP contribution in [0.25, 0.3) is 0 Å². The summed E-state index contributed by atoms with van der Waals surface area (Å²) in [6.07, 6.45) is 2.55. The number of hydrogen-bond acceptors (Lipinski definition) is 3.